The van der Waals surface area contributed by atoms with Crippen molar-refractivity contribution in [1.29, 1.82) is 0 Å². The number of aryl methyl sites for hydroxylation is 1. The average Bonchev–Trinajstić information content (AvgIpc) is 2.88. The van der Waals surface area contributed by atoms with Crippen molar-refractivity contribution in [2.45, 2.75) is 39.3 Å². The molecule has 5 heteroatoms. The number of benzene rings is 1. The van der Waals surface area contributed by atoms with Gasteiger partial charge in [-0.25, -0.2) is 4.98 Å². The van der Waals surface area contributed by atoms with E-state index in [1.54, 1.807) is 7.11 Å². The molecule has 2 heterocycles. The summed E-state index contributed by atoms with van der Waals surface area (Å²) in [6.45, 7) is 6.86. The minimum absolute atomic E-state index is 0.172. The lowest BCUT2D eigenvalue weighted by atomic mass is 10.1. The molecule has 2 aromatic rings. The smallest absolute Gasteiger partial charge is 0.245 e. The molecule has 1 unspecified atom stereocenters. The van der Waals surface area contributed by atoms with Gasteiger partial charge in [-0.1, -0.05) is 12.1 Å². The third-order valence-corrected chi connectivity index (χ3v) is 4.34. The maximum atomic E-state index is 12.5. The van der Waals surface area contributed by atoms with Crippen LogP contribution in [0.2, 0.25) is 0 Å². The molecular formula is C18H23N3O2. The molecule has 1 fully saturated rings. The molecule has 122 valence electrons. The first-order valence-corrected chi connectivity index (χ1v) is 8.02. The fourth-order valence-electron chi connectivity index (χ4n) is 3.17. The predicted molar refractivity (Wildman–Crippen MR) is 91.9 cm³/mol. The van der Waals surface area contributed by atoms with E-state index in [9.17, 15) is 4.79 Å². The van der Waals surface area contributed by atoms with E-state index in [0.29, 0.717) is 0 Å². The summed E-state index contributed by atoms with van der Waals surface area (Å²) in [4.78, 5) is 19.0. The largest absolute Gasteiger partial charge is 0.494 e. The van der Waals surface area contributed by atoms with Crippen LogP contribution in [0, 0.1) is 6.92 Å². The maximum absolute atomic E-state index is 12.5. The van der Waals surface area contributed by atoms with E-state index < -0.39 is 0 Å². The summed E-state index contributed by atoms with van der Waals surface area (Å²) in [5, 5.41) is 4.40. The molecule has 0 spiro atoms. The second kappa shape index (κ2) is 6.07. The maximum Gasteiger partial charge on any atom is 0.245 e. The second-order valence-corrected chi connectivity index (χ2v) is 6.28. The van der Waals surface area contributed by atoms with Gasteiger partial charge in [0.2, 0.25) is 5.91 Å². The Morgan fingerprint density at radius 1 is 1.39 bits per heavy atom. The first kappa shape index (κ1) is 15.6. The number of carbonyl (C=O) groups excluding carboxylic acids is 1. The standard InChI is InChI=1S/C18H23N3O2/c1-11(2)21-9-8-14(18(21)22)20-15-10-12(3)19-17-13(15)6-5-7-16(17)23-4/h5-7,10-11,14H,8-9H2,1-4H3,(H,19,20). The number of fused-ring (bicyclic) bond motifs is 1. The van der Waals surface area contributed by atoms with Crippen LogP contribution in [0.3, 0.4) is 0 Å². The van der Waals surface area contributed by atoms with E-state index >= 15 is 0 Å². The van der Waals surface area contributed by atoms with Crippen molar-refractivity contribution in [2.75, 3.05) is 19.0 Å². The van der Waals surface area contributed by atoms with E-state index in [2.05, 4.69) is 24.1 Å². The van der Waals surface area contributed by atoms with E-state index in [0.717, 1.165) is 41.0 Å². The van der Waals surface area contributed by atoms with Gasteiger partial charge in [0.05, 0.1) is 7.11 Å². The molecule has 1 aromatic heterocycles. The van der Waals surface area contributed by atoms with Crippen molar-refractivity contribution in [2.24, 2.45) is 0 Å². The molecule has 1 N–H and O–H groups in total. The predicted octanol–water partition coefficient (Wildman–Crippen LogP) is 2.97. The summed E-state index contributed by atoms with van der Waals surface area (Å²) in [7, 11) is 1.65. The molecule has 1 aliphatic rings. The van der Waals surface area contributed by atoms with Gasteiger partial charge < -0.3 is 15.0 Å². The Balaban J connectivity index is 1.96. The zero-order valence-electron chi connectivity index (χ0n) is 14.1. The lowest BCUT2D eigenvalue weighted by molar-refractivity contribution is -0.129. The molecule has 1 amide bonds. The zero-order valence-corrected chi connectivity index (χ0v) is 14.1. The van der Waals surface area contributed by atoms with Gasteiger partial charge in [-0.3, -0.25) is 4.79 Å². The first-order chi connectivity index (χ1) is 11.0. The van der Waals surface area contributed by atoms with Crippen molar-refractivity contribution < 1.29 is 9.53 Å². The van der Waals surface area contributed by atoms with Crippen LogP contribution in [0.5, 0.6) is 5.75 Å². The molecular weight excluding hydrogens is 290 g/mol. The molecule has 0 radical (unpaired) electrons. The van der Waals surface area contributed by atoms with Gasteiger partial charge in [0.15, 0.2) is 0 Å². The van der Waals surface area contributed by atoms with Crippen LogP contribution in [0.1, 0.15) is 26.0 Å². The number of amides is 1. The highest BCUT2D eigenvalue weighted by Crippen LogP contribution is 2.31. The Bertz CT molecular complexity index is 742. The molecule has 1 saturated heterocycles. The lowest BCUT2D eigenvalue weighted by Gasteiger charge is -2.22. The van der Waals surface area contributed by atoms with Gasteiger partial charge >= 0.3 is 0 Å². The highest BCUT2D eigenvalue weighted by atomic mass is 16.5. The quantitative estimate of drug-likeness (QED) is 0.943. The number of para-hydroxylation sites is 1. The zero-order chi connectivity index (χ0) is 16.6. The topological polar surface area (TPSA) is 54.5 Å². The Hall–Kier alpha value is -2.30. The number of anilines is 1. The van der Waals surface area contributed by atoms with Crippen LogP contribution in [0.4, 0.5) is 5.69 Å². The second-order valence-electron chi connectivity index (χ2n) is 6.28. The summed E-state index contributed by atoms with van der Waals surface area (Å²) >= 11 is 0. The molecule has 1 aliphatic heterocycles. The van der Waals surface area contributed by atoms with Gasteiger partial charge in [-0.15, -0.1) is 0 Å². The van der Waals surface area contributed by atoms with Crippen LogP contribution >= 0.6 is 0 Å². The summed E-state index contributed by atoms with van der Waals surface area (Å²) in [6, 6.07) is 7.92. The molecule has 0 aliphatic carbocycles. The van der Waals surface area contributed by atoms with E-state index in [-0.39, 0.29) is 18.0 Å². The number of ether oxygens (including phenoxy) is 1. The number of nitrogens with one attached hydrogen (secondary N) is 1. The monoisotopic (exact) mass is 313 g/mol. The summed E-state index contributed by atoms with van der Waals surface area (Å²) < 4.78 is 5.41. The molecule has 23 heavy (non-hydrogen) atoms. The number of nitrogens with zero attached hydrogens (tertiary/aromatic N) is 2. The highest BCUT2D eigenvalue weighted by Gasteiger charge is 2.33. The normalized spacial score (nSPS) is 18.0. The number of hydrogen-bond donors (Lipinski definition) is 1. The van der Waals surface area contributed by atoms with Gasteiger partial charge in [-0.2, -0.15) is 0 Å². The SMILES string of the molecule is COc1cccc2c(NC3CCN(C(C)C)C3=O)cc(C)nc12. The number of likely N-dealkylation sites (tertiary alicyclic amines) is 1. The molecule has 5 nitrogen and oxygen atoms in total. The molecule has 1 atom stereocenters. The highest BCUT2D eigenvalue weighted by molar-refractivity contribution is 5.97. The first-order valence-electron chi connectivity index (χ1n) is 8.02. The number of methoxy groups -OCH3 is 1. The number of aromatic nitrogens is 1. The van der Waals surface area contributed by atoms with Crippen LogP contribution in [0.15, 0.2) is 24.3 Å². The van der Waals surface area contributed by atoms with Gasteiger partial charge in [0.25, 0.3) is 0 Å². The minimum Gasteiger partial charge on any atom is -0.494 e. The molecule has 3 rings (SSSR count). The minimum atomic E-state index is -0.173. The number of hydrogen-bond acceptors (Lipinski definition) is 4. The molecule has 0 bridgehead atoms. The van der Waals surface area contributed by atoms with Crippen molar-refractivity contribution in [3.8, 4) is 5.75 Å². The fraction of sp³-hybridized carbons (Fsp3) is 0.444. The van der Waals surface area contributed by atoms with Gasteiger partial charge in [-0.05, 0) is 39.3 Å². The number of rotatable bonds is 4. The van der Waals surface area contributed by atoms with Crippen molar-refractivity contribution in [3.05, 3.63) is 30.0 Å². The summed E-state index contributed by atoms with van der Waals surface area (Å²) in [5.74, 6) is 0.918. The number of carbonyl (C=O) groups is 1. The fourth-order valence-corrected chi connectivity index (χ4v) is 3.17. The third kappa shape index (κ3) is 2.83. The van der Waals surface area contributed by atoms with Crippen LogP contribution in [0.25, 0.3) is 10.9 Å². The van der Waals surface area contributed by atoms with E-state index in [1.165, 1.54) is 0 Å². The van der Waals surface area contributed by atoms with E-state index in [1.807, 2.05) is 36.1 Å². The Morgan fingerprint density at radius 3 is 2.83 bits per heavy atom. The van der Waals surface area contributed by atoms with Gasteiger partial charge in [0, 0.05) is 29.4 Å². The number of pyridine rings is 1. The van der Waals surface area contributed by atoms with Crippen molar-refractivity contribution in [1.82, 2.24) is 9.88 Å². The lowest BCUT2D eigenvalue weighted by Crippen LogP contribution is -2.37. The molecule has 0 saturated carbocycles. The average molecular weight is 313 g/mol. The Kier molecular flexibility index (Phi) is 4.11. The van der Waals surface area contributed by atoms with Crippen LogP contribution in [-0.4, -0.2) is 41.5 Å². The Morgan fingerprint density at radius 2 is 2.17 bits per heavy atom. The van der Waals surface area contributed by atoms with E-state index in [4.69, 9.17) is 4.74 Å². The molecule has 1 aromatic carbocycles. The summed E-state index contributed by atoms with van der Waals surface area (Å²) in [6.07, 6.45) is 0.823. The van der Waals surface area contributed by atoms with Gasteiger partial charge in [0.1, 0.15) is 17.3 Å². The third-order valence-electron chi connectivity index (χ3n) is 4.34. The summed E-state index contributed by atoms with van der Waals surface area (Å²) in [5.41, 5.74) is 2.66. The van der Waals surface area contributed by atoms with Crippen LogP contribution < -0.4 is 10.1 Å². The van der Waals surface area contributed by atoms with Crippen molar-refractivity contribution in [3.63, 3.8) is 0 Å². The van der Waals surface area contributed by atoms with Crippen LogP contribution in [-0.2, 0) is 4.79 Å². The van der Waals surface area contributed by atoms with Crippen molar-refractivity contribution >= 4 is 22.5 Å². The Labute approximate surface area is 136 Å².